The van der Waals surface area contributed by atoms with E-state index in [9.17, 15) is 14.0 Å². The van der Waals surface area contributed by atoms with Gasteiger partial charge in [-0.15, -0.1) is 0 Å². The summed E-state index contributed by atoms with van der Waals surface area (Å²) in [5.41, 5.74) is 0.884. The Morgan fingerprint density at radius 3 is 2.44 bits per heavy atom. The highest BCUT2D eigenvalue weighted by Crippen LogP contribution is 2.48. The first-order chi connectivity index (χ1) is 12.1. The largest absolute Gasteiger partial charge is 0.469 e. The van der Waals surface area contributed by atoms with Crippen LogP contribution >= 0.6 is 0 Å². The summed E-state index contributed by atoms with van der Waals surface area (Å²) in [6, 6.07) is 14.2. The molecule has 1 amide bonds. The lowest BCUT2D eigenvalue weighted by Crippen LogP contribution is -2.33. The predicted molar refractivity (Wildman–Crippen MR) is 88.4 cm³/mol. The predicted octanol–water partition coefficient (Wildman–Crippen LogP) is 3.46. The van der Waals surface area contributed by atoms with E-state index in [-0.39, 0.29) is 29.6 Å². The first kappa shape index (κ1) is 17.0. The molecule has 2 aromatic rings. The molecule has 1 aliphatic rings. The van der Waals surface area contributed by atoms with Crippen molar-refractivity contribution in [3.8, 4) is 5.75 Å². The van der Waals surface area contributed by atoms with Gasteiger partial charge >= 0.3 is 12.1 Å². The van der Waals surface area contributed by atoms with E-state index in [0.29, 0.717) is 6.42 Å². The van der Waals surface area contributed by atoms with Crippen LogP contribution in [-0.4, -0.2) is 19.2 Å². The maximum absolute atomic E-state index is 12.9. The lowest BCUT2D eigenvalue weighted by Gasteiger charge is -2.19. The van der Waals surface area contributed by atoms with Gasteiger partial charge in [0.2, 0.25) is 0 Å². The molecule has 0 radical (unpaired) electrons. The van der Waals surface area contributed by atoms with Gasteiger partial charge in [-0.1, -0.05) is 30.3 Å². The van der Waals surface area contributed by atoms with Crippen molar-refractivity contribution in [2.24, 2.45) is 11.8 Å². The number of hydrogen-bond donors (Lipinski definition) is 1. The Kier molecular flexibility index (Phi) is 4.97. The van der Waals surface area contributed by atoms with E-state index in [1.54, 1.807) is 0 Å². The molecule has 6 heteroatoms. The van der Waals surface area contributed by atoms with Crippen LogP contribution < -0.4 is 10.1 Å². The molecule has 2 aromatic carbocycles. The smallest absolute Gasteiger partial charge is 0.413 e. The monoisotopic (exact) mass is 343 g/mol. The number of rotatable bonds is 5. The van der Waals surface area contributed by atoms with Gasteiger partial charge < -0.3 is 14.8 Å². The number of halogens is 1. The molecule has 0 aliphatic heterocycles. The molecule has 0 unspecified atom stereocenters. The first-order valence-electron chi connectivity index (χ1n) is 7.95. The van der Waals surface area contributed by atoms with Gasteiger partial charge in [0.1, 0.15) is 11.6 Å². The van der Waals surface area contributed by atoms with Gasteiger partial charge in [-0.2, -0.15) is 0 Å². The number of ether oxygens (including phenoxy) is 2. The second-order valence-electron chi connectivity index (χ2n) is 5.91. The van der Waals surface area contributed by atoms with Gasteiger partial charge in [0.15, 0.2) is 0 Å². The molecule has 3 rings (SSSR count). The summed E-state index contributed by atoms with van der Waals surface area (Å²) >= 11 is 0. The maximum atomic E-state index is 12.9. The second-order valence-corrected chi connectivity index (χ2v) is 5.91. The van der Waals surface area contributed by atoms with Crippen LogP contribution in [0.15, 0.2) is 54.6 Å². The molecule has 130 valence electrons. The molecule has 0 heterocycles. The Balaban J connectivity index is 1.71. The Bertz CT molecular complexity index is 748. The molecule has 25 heavy (non-hydrogen) atoms. The van der Waals surface area contributed by atoms with E-state index >= 15 is 0 Å². The van der Waals surface area contributed by atoms with Gasteiger partial charge in [0, 0.05) is 0 Å². The summed E-state index contributed by atoms with van der Waals surface area (Å²) in [5, 5.41) is 2.80. The van der Waals surface area contributed by atoms with Crippen molar-refractivity contribution in [2.45, 2.75) is 12.5 Å². The molecule has 0 aromatic heterocycles. The Labute approximate surface area is 144 Å². The molecule has 0 spiro atoms. The standard InChI is InChI=1S/C19H18FNO4/c1-24-18(22)16-11-15(16)17(12-5-3-2-4-6-12)21-19(23)25-14-9-7-13(20)8-10-14/h2-10,15-17H,11H2,1H3,(H,21,23)/t15-,16+,17-/m0/s1. The lowest BCUT2D eigenvalue weighted by atomic mass is 10.0. The topological polar surface area (TPSA) is 64.6 Å². The molecule has 0 bridgehead atoms. The van der Waals surface area contributed by atoms with Crippen molar-refractivity contribution in [1.29, 1.82) is 0 Å². The number of amides is 1. The molecule has 1 aliphatic carbocycles. The number of carbonyl (C=O) groups is 2. The SMILES string of the molecule is COC(=O)[C@@H]1C[C@@H]1[C@@H](NC(=O)Oc1ccc(F)cc1)c1ccccc1. The number of esters is 1. The van der Waals surface area contributed by atoms with Gasteiger partial charge in [-0.3, -0.25) is 4.79 Å². The maximum Gasteiger partial charge on any atom is 0.413 e. The minimum atomic E-state index is -0.657. The number of benzene rings is 2. The van der Waals surface area contributed by atoms with Crippen molar-refractivity contribution < 1.29 is 23.5 Å². The third-order valence-electron chi connectivity index (χ3n) is 4.23. The van der Waals surface area contributed by atoms with Gasteiger partial charge in [-0.25, -0.2) is 9.18 Å². The van der Waals surface area contributed by atoms with E-state index in [1.807, 2.05) is 30.3 Å². The molecular formula is C19H18FNO4. The van der Waals surface area contributed by atoms with Crippen molar-refractivity contribution >= 4 is 12.1 Å². The molecule has 3 atom stereocenters. The summed E-state index contributed by atoms with van der Waals surface area (Å²) in [4.78, 5) is 23.9. The zero-order valence-electron chi connectivity index (χ0n) is 13.6. The second kappa shape index (κ2) is 7.34. The van der Waals surface area contributed by atoms with E-state index in [4.69, 9.17) is 9.47 Å². The number of methoxy groups -OCH3 is 1. The minimum absolute atomic E-state index is 0.0457. The highest BCUT2D eigenvalue weighted by atomic mass is 19.1. The van der Waals surface area contributed by atoms with Crippen LogP contribution in [0.2, 0.25) is 0 Å². The van der Waals surface area contributed by atoms with Gasteiger partial charge in [0.25, 0.3) is 0 Å². The van der Waals surface area contributed by atoms with Crippen LogP contribution in [0.1, 0.15) is 18.0 Å². The normalized spacial score (nSPS) is 19.6. The Morgan fingerprint density at radius 1 is 1.12 bits per heavy atom. The highest BCUT2D eigenvalue weighted by molar-refractivity contribution is 5.76. The minimum Gasteiger partial charge on any atom is -0.469 e. The average Bonchev–Trinajstić information content (AvgIpc) is 3.42. The number of hydrogen-bond acceptors (Lipinski definition) is 4. The first-order valence-corrected chi connectivity index (χ1v) is 7.95. The lowest BCUT2D eigenvalue weighted by molar-refractivity contribution is -0.142. The van der Waals surface area contributed by atoms with Crippen LogP contribution in [0.3, 0.4) is 0 Å². The zero-order chi connectivity index (χ0) is 17.8. The molecule has 5 nitrogen and oxygen atoms in total. The third-order valence-corrected chi connectivity index (χ3v) is 4.23. The third kappa shape index (κ3) is 4.15. The summed E-state index contributed by atoms with van der Waals surface area (Å²) in [6.07, 6.45) is -0.0146. The van der Waals surface area contributed by atoms with Crippen molar-refractivity contribution in [2.75, 3.05) is 7.11 Å². The van der Waals surface area contributed by atoms with Crippen LogP contribution in [0.5, 0.6) is 5.75 Å². The fourth-order valence-corrected chi connectivity index (χ4v) is 2.87. The number of nitrogens with one attached hydrogen (secondary N) is 1. The summed E-state index contributed by atoms with van der Waals surface area (Å²) in [6.45, 7) is 0. The summed E-state index contributed by atoms with van der Waals surface area (Å²) in [7, 11) is 1.35. The van der Waals surface area contributed by atoms with E-state index < -0.39 is 11.9 Å². The van der Waals surface area contributed by atoms with Crippen molar-refractivity contribution in [3.05, 3.63) is 66.0 Å². The fourth-order valence-electron chi connectivity index (χ4n) is 2.87. The average molecular weight is 343 g/mol. The van der Waals surface area contributed by atoms with Gasteiger partial charge in [0.05, 0.1) is 19.1 Å². The van der Waals surface area contributed by atoms with E-state index in [0.717, 1.165) is 5.56 Å². The highest BCUT2D eigenvalue weighted by Gasteiger charge is 2.49. The van der Waals surface area contributed by atoms with Crippen LogP contribution in [0.25, 0.3) is 0 Å². The van der Waals surface area contributed by atoms with Crippen molar-refractivity contribution in [3.63, 3.8) is 0 Å². The van der Waals surface area contributed by atoms with Crippen LogP contribution in [-0.2, 0) is 9.53 Å². The Hall–Kier alpha value is -2.89. The molecule has 1 fully saturated rings. The molecule has 0 saturated heterocycles. The van der Waals surface area contributed by atoms with Crippen LogP contribution in [0, 0.1) is 17.7 Å². The summed E-state index contributed by atoms with van der Waals surface area (Å²) in [5.74, 6) is -0.726. The van der Waals surface area contributed by atoms with Crippen LogP contribution in [0.4, 0.5) is 9.18 Å². The summed E-state index contributed by atoms with van der Waals surface area (Å²) < 4.78 is 22.9. The van der Waals surface area contributed by atoms with Gasteiger partial charge in [-0.05, 0) is 42.2 Å². The zero-order valence-corrected chi connectivity index (χ0v) is 13.6. The van der Waals surface area contributed by atoms with E-state index in [1.165, 1.54) is 31.4 Å². The fraction of sp³-hybridized carbons (Fsp3) is 0.263. The molecule has 1 saturated carbocycles. The quantitative estimate of drug-likeness (QED) is 0.845. The number of carbonyl (C=O) groups excluding carboxylic acids is 2. The van der Waals surface area contributed by atoms with E-state index in [2.05, 4.69) is 5.32 Å². The van der Waals surface area contributed by atoms with Crippen molar-refractivity contribution in [1.82, 2.24) is 5.32 Å². The molecule has 1 N–H and O–H groups in total. The molecular weight excluding hydrogens is 325 g/mol. The Morgan fingerprint density at radius 2 is 1.80 bits per heavy atom.